The fourth-order valence-corrected chi connectivity index (χ4v) is 0.580. The van der Waals surface area contributed by atoms with Gasteiger partial charge in [-0.25, -0.2) is 0 Å². The molecule has 0 bridgehead atoms. The van der Waals surface area contributed by atoms with E-state index in [1.165, 1.54) is 0 Å². The summed E-state index contributed by atoms with van der Waals surface area (Å²) in [5.74, 6) is 0.0581. The van der Waals surface area contributed by atoms with Crippen LogP contribution in [0.3, 0.4) is 0 Å². The summed E-state index contributed by atoms with van der Waals surface area (Å²) in [4.78, 5) is 22.1. The smallest absolute Gasteiger partial charge is 0.142 e. The molecule has 3 heteroatoms. The number of rotatable bonds is 4. The van der Waals surface area contributed by atoms with Gasteiger partial charge in [-0.15, -0.1) is 0 Å². The van der Waals surface area contributed by atoms with E-state index in [2.05, 4.69) is 0 Å². The molecule has 67 valence electrons. The molecule has 0 aromatic heterocycles. The van der Waals surface area contributed by atoms with Crippen molar-refractivity contribution in [3.63, 3.8) is 0 Å². The summed E-state index contributed by atoms with van der Waals surface area (Å²) in [5.41, 5.74) is 0. The standard InChI is InChI=1S/C9H16O2.B/c1-6(2)8(10)5-9(11)7(3)4;/h6-7H,5H2,1-4H3;. The van der Waals surface area contributed by atoms with Crippen LogP contribution < -0.4 is 0 Å². The molecule has 0 rings (SSSR count). The Morgan fingerprint density at radius 1 is 0.917 bits per heavy atom. The van der Waals surface area contributed by atoms with Gasteiger partial charge in [0.1, 0.15) is 11.6 Å². The van der Waals surface area contributed by atoms with Crippen molar-refractivity contribution in [2.75, 3.05) is 0 Å². The van der Waals surface area contributed by atoms with Crippen LogP contribution in [0.4, 0.5) is 0 Å². The Kier molecular flexibility index (Phi) is 6.96. The van der Waals surface area contributed by atoms with Crippen molar-refractivity contribution in [3.05, 3.63) is 0 Å². The van der Waals surface area contributed by atoms with Gasteiger partial charge in [0.05, 0.1) is 6.42 Å². The summed E-state index contributed by atoms with van der Waals surface area (Å²) in [7, 11) is 0. The van der Waals surface area contributed by atoms with E-state index in [0.29, 0.717) is 0 Å². The zero-order valence-corrected chi connectivity index (χ0v) is 8.26. The minimum atomic E-state index is -0.0160. The highest BCUT2D eigenvalue weighted by atomic mass is 16.1. The second-order valence-electron chi connectivity index (χ2n) is 3.42. The van der Waals surface area contributed by atoms with Gasteiger partial charge in [0, 0.05) is 20.2 Å². The number of hydrogen-bond donors (Lipinski definition) is 0. The highest BCUT2D eigenvalue weighted by molar-refractivity contribution is 6.00. The molecular weight excluding hydrogens is 151 g/mol. The number of carbonyl (C=O) groups is 2. The van der Waals surface area contributed by atoms with Gasteiger partial charge in [0.15, 0.2) is 0 Å². The zero-order valence-electron chi connectivity index (χ0n) is 8.26. The summed E-state index contributed by atoms with van der Waals surface area (Å²) in [5, 5.41) is 0. The van der Waals surface area contributed by atoms with Crippen LogP contribution in [-0.4, -0.2) is 20.0 Å². The third-order valence-corrected chi connectivity index (χ3v) is 1.64. The van der Waals surface area contributed by atoms with Gasteiger partial charge in [-0.1, -0.05) is 27.7 Å². The molecule has 0 amide bonds. The minimum absolute atomic E-state index is 0. The van der Waals surface area contributed by atoms with E-state index in [-0.39, 0.29) is 38.2 Å². The van der Waals surface area contributed by atoms with Crippen molar-refractivity contribution < 1.29 is 9.59 Å². The zero-order chi connectivity index (χ0) is 9.02. The van der Waals surface area contributed by atoms with Crippen molar-refractivity contribution in [1.29, 1.82) is 0 Å². The van der Waals surface area contributed by atoms with E-state index in [1.807, 2.05) is 27.7 Å². The van der Waals surface area contributed by atoms with Crippen LogP contribution in [0.1, 0.15) is 34.1 Å². The molecule has 2 nitrogen and oxygen atoms in total. The first kappa shape index (κ1) is 14.0. The van der Waals surface area contributed by atoms with E-state index in [0.717, 1.165) is 0 Å². The van der Waals surface area contributed by atoms with Gasteiger partial charge in [0.2, 0.25) is 0 Å². The molecule has 0 aliphatic heterocycles. The molecule has 0 saturated heterocycles. The molecule has 0 spiro atoms. The first-order valence-electron chi connectivity index (χ1n) is 4.00. The molecule has 12 heavy (non-hydrogen) atoms. The topological polar surface area (TPSA) is 34.1 Å². The molecule has 0 saturated carbocycles. The number of carbonyl (C=O) groups excluding carboxylic acids is 2. The van der Waals surface area contributed by atoms with Crippen molar-refractivity contribution in [3.8, 4) is 0 Å². The summed E-state index contributed by atoms with van der Waals surface area (Å²) < 4.78 is 0. The summed E-state index contributed by atoms with van der Waals surface area (Å²) in [6, 6.07) is 0. The van der Waals surface area contributed by atoms with Crippen LogP contribution in [0.25, 0.3) is 0 Å². The molecule has 0 heterocycles. The van der Waals surface area contributed by atoms with Crippen molar-refractivity contribution >= 4 is 20.0 Å². The molecule has 0 aliphatic rings. The molecular formula is C9H16BO2. The lowest BCUT2D eigenvalue weighted by Gasteiger charge is -2.04. The maximum absolute atomic E-state index is 11.0. The fourth-order valence-electron chi connectivity index (χ4n) is 0.580. The Bertz CT molecular complexity index is 144. The summed E-state index contributed by atoms with van der Waals surface area (Å²) >= 11 is 0. The summed E-state index contributed by atoms with van der Waals surface area (Å²) in [6.45, 7) is 7.26. The van der Waals surface area contributed by atoms with E-state index in [1.54, 1.807) is 0 Å². The number of hydrogen-bond acceptors (Lipinski definition) is 2. The lowest BCUT2D eigenvalue weighted by molar-refractivity contribution is -0.130. The highest BCUT2D eigenvalue weighted by Crippen LogP contribution is 2.04. The van der Waals surface area contributed by atoms with Crippen molar-refractivity contribution in [2.45, 2.75) is 34.1 Å². The highest BCUT2D eigenvalue weighted by Gasteiger charge is 2.14. The Labute approximate surface area is 76.3 Å². The van der Waals surface area contributed by atoms with Gasteiger partial charge in [-0.3, -0.25) is 9.59 Å². The molecule has 0 fully saturated rings. The second kappa shape index (κ2) is 5.98. The second-order valence-corrected chi connectivity index (χ2v) is 3.42. The molecule has 0 aromatic carbocycles. The van der Waals surface area contributed by atoms with E-state index in [4.69, 9.17) is 0 Å². The van der Waals surface area contributed by atoms with Gasteiger partial charge in [-0.05, 0) is 0 Å². The van der Waals surface area contributed by atoms with Gasteiger partial charge < -0.3 is 0 Å². The molecule has 0 aromatic rings. The minimum Gasteiger partial charge on any atom is -0.299 e. The van der Waals surface area contributed by atoms with Crippen LogP contribution in [0, 0.1) is 11.8 Å². The van der Waals surface area contributed by atoms with E-state index >= 15 is 0 Å². The number of ketones is 2. The van der Waals surface area contributed by atoms with E-state index < -0.39 is 0 Å². The monoisotopic (exact) mass is 167 g/mol. The third-order valence-electron chi connectivity index (χ3n) is 1.64. The van der Waals surface area contributed by atoms with Gasteiger partial charge in [0.25, 0.3) is 0 Å². The van der Waals surface area contributed by atoms with Crippen molar-refractivity contribution in [1.82, 2.24) is 0 Å². The van der Waals surface area contributed by atoms with Gasteiger partial charge >= 0.3 is 0 Å². The quantitative estimate of drug-likeness (QED) is 0.469. The maximum Gasteiger partial charge on any atom is 0.142 e. The molecule has 0 aliphatic carbocycles. The first-order valence-corrected chi connectivity index (χ1v) is 4.00. The predicted octanol–water partition coefficient (Wildman–Crippen LogP) is 1.45. The lowest BCUT2D eigenvalue weighted by atomic mass is 9.98. The Balaban J connectivity index is 0. The first-order chi connectivity index (χ1) is 4.95. The normalized spacial score (nSPS) is 9.83. The average molecular weight is 167 g/mol. The van der Waals surface area contributed by atoms with Crippen LogP contribution in [0.2, 0.25) is 0 Å². The molecule has 0 atom stereocenters. The van der Waals surface area contributed by atoms with Gasteiger partial charge in [-0.2, -0.15) is 0 Å². The Morgan fingerprint density at radius 3 is 1.33 bits per heavy atom. The lowest BCUT2D eigenvalue weighted by Crippen LogP contribution is -2.16. The third kappa shape index (κ3) is 5.11. The molecule has 0 N–H and O–H groups in total. The summed E-state index contributed by atoms with van der Waals surface area (Å²) in [6.07, 6.45) is 0.106. The van der Waals surface area contributed by atoms with Crippen LogP contribution >= 0.6 is 0 Å². The fraction of sp³-hybridized carbons (Fsp3) is 0.778. The average Bonchev–Trinajstić information content (AvgIpc) is 1.87. The van der Waals surface area contributed by atoms with Crippen LogP contribution in [0.5, 0.6) is 0 Å². The van der Waals surface area contributed by atoms with Crippen LogP contribution in [0.15, 0.2) is 0 Å². The maximum atomic E-state index is 11.0. The number of Topliss-reactive ketones (excluding diaryl/α,β-unsaturated/α-hetero) is 2. The molecule has 0 unspecified atom stereocenters. The van der Waals surface area contributed by atoms with Crippen molar-refractivity contribution in [2.24, 2.45) is 11.8 Å². The Morgan fingerprint density at radius 2 is 1.17 bits per heavy atom. The predicted molar refractivity (Wildman–Crippen MR) is 50.1 cm³/mol. The largest absolute Gasteiger partial charge is 0.299 e. The Hall–Kier alpha value is -0.595. The van der Waals surface area contributed by atoms with Crippen LogP contribution in [-0.2, 0) is 9.59 Å². The molecule has 3 radical (unpaired) electrons. The van der Waals surface area contributed by atoms with E-state index in [9.17, 15) is 9.59 Å². The SMILES string of the molecule is CC(C)C(=O)CC(=O)C(C)C.[B].